The largest absolute Gasteiger partial charge is 0.497 e. The summed E-state index contributed by atoms with van der Waals surface area (Å²) in [7, 11) is 1.59. The van der Waals surface area contributed by atoms with E-state index in [4.69, 9.17) is 4.74 Å². The van der Waals surface area contributed by atoms with Gasteiger partial charge in [-0.05, 0) is 43.4 Å². The van der Waals surface area contributed by atoms with Gasteiger partial charge in [-0.1, -0.05) is 12.1 Å². The number of piperidine rings is 1. The molecule has 1 heterocycles. The molecule has 120 valence electrons. The van der Waals surface area contributed by atoms with E-state index in [0.29, 0.717) is 6.42 Å². The summed E-state index contributed by atoms with van der Waals surface area (Å²) in [5.41, 5.74) is 0.902. The number of carboxylic acids is 1. The van der Waals surface area contributed by atoms with Gasteiger partial charge in [0.15, 0.2) is 0 Å². The Morgan fingerprint density at radius 1 is 1.18 bits per heavy atom. The average molecular weight is 305 g/mol. The summed E-state index contributed by atoms with van der Waals surface area (Å²) >= 11 is 0. The molecule has 0 aromatic heterocycles. The summed E-state index contributed by atoms with van der Waals surface area (Å²) < 4.78 is 5.09. The van der Waals surface area contributed by atoms with Crippen LogP contribution in [0.4, 0.5) is 0 Å². The Kier molecular flexibility index (Phi) is 5.81. The summed E-state index contributed by atoms with van der Waals surface area (Å²) in [5, 5.41) is 9.39. The van der Waals surface area contributed by atoms with Gasteiger partial charge in [-0.15, -0.1) is 0 Å². The van der Waals surface area contributed by atoms with Crippen LogP contribution in [0.2, 0.25) is 0 Å². The van der Waals surface area contributed by atoms with E-state index in [-0.39, 0.29) is 12.3 Å². The molecule has 1 aliphatic rings. The van der Waals surface area contributed by atoms with Crippen molar-refractivity contribution in [2.45, 2.75) is 32.1 Å². The lowest BCUT2D eigenvalue weighted by molar-refractivity contribution is -0.146. The van der Waals surface area contributed by atoms with E-state index in [1.807, 2.05) is 12.1 Å². The van der Waals surface area contributed by atoms with Crippen molar-refractivity contribution in [3.63, 3.8) is 0 Å². The molecule has 1 aliphatic heterocycles. The normalized spacial score (nSPS) is 16.1. The molecule has 1 amide bonds. The number of aliphatic carboxylic acids is 1. The van der Waals surface area contributed by atoms with Crippen molar-refractivity contribution >= 4 is 11.9 Å². The van der Waals surface area contributed by atoms with Crippen LogP contribution in [0.15, 0.2) is 24.3 Å². The number of rotatable bonds is 6. The molecule has 1 atom stereocenters. The maximum Gasteiger partial charge on any atom is 0.307 e. The van der Waals surface area contributed by atoms with Crippen LogP contribution in [-0.2, 0) is 16.0 Å². The number of hydrogen-bond acceptors (Lipinski definition) is 3. The van der Waals surface area contributed by atoms with Gasteiger partial charge in [-0.3, -0.25) is 9.59 Å². The second-order valence-corrected chi connectivity index (χ2v) is 5.73. The van der Waals surface area contributed by atoms with Crippen molar-refractivity contribution in [2.24, 2.45) is 5.92 Å². The van der Waals surface area contributed by atoms with Gasteiger partial charge in [0.1, 0.15) is 5.75 Å². The third-order valence-corrected chi connectivity index (χ3v) is 4.12. The van der Waals surface area contributed by atoms with E-state index < -0.39 is 11.9 Å². The fraction of sp³-hybridized carbons (Fsp3) is 0.529. The summed E-state index contributed by atoms with van der Waals surface area (Å²) in [4.78, 5) is 25.5. The smallest absolute Gasteiger partial charge is 0.307 e. The van der Waals surface area contributed by atoms with Crippen molar-refractivity contribution < 1.29 is 19.4 Å². The lowest BCUT2D eigenvalue weighted by Crippen LogP contribution is -2.37. The average Bonchev–Trinajstić information content (AvgIpc) is 2.55. The van der Waals surface area contributed by atoms with E-state index >= 15 is 0 Å². The molecule has 5 nitrogen and oxygen atoms in total. The number of hydrogen-bond donors (Lipinski definition) is 1. The first kappa shape index (κ1) is 16.3. The first-order valence-corrected chi connectivity index (χ1v) is 7.73. The van der Waals surface area contributed by atoms with Gasteiger partial charge in [-0.25, -0.2) is 0 Å². The number of benzene rings is 1. The minimum absolute atomic E-state index is 0.0411. The minimum Gasteiger partial charge on any atom is -0.497 e. The molecule has 22 heavy (non-hydrogen) atoms. The number of methoxy groups -OCH3 is 1. The minimum atomic E-state index is -0.916. The van der Waals surface area contributed by atoms with Crippen molar-refractivity contribution in [1.82, 2.24) is 4.90 Å². The van der Waals surface area contributed by atoms with Crippen LogP contribution in [0.3, 0.4) is 0 Å². The van der Waals surface area contributed by atoms with Crippen LogP contribution in [0.5, 0.6) is 5.75 Å². The number of carbonyl (C=O) groups excluding carboxylic acids is 1. The molecule has 1 saturated heterocycles. The Bertz CT molecular complexity index is 506. The molecule has 1 fully saturated rings. The topological polar surface area (TPSA) is 66.8 Å². The highest BCUT2D eigenvalue weighted by molar-refractivity contribution is 5.82. The Morgan fingerprint density at radius 3 is 2.36 bits per heavy atom. The van der Waals surface area contributed by atoms with Crippen LogP contribution < -0.4 is 4.74 Å². The molecular formula is C17H23NO4. The predicted octanol–water partition coefficient (Wildman–Crippen LogP) is 2.34. The van der Waals surface area contributed by atoms with Crippen molar-refractivity contribution in [2.75, 3.05) is 20.2 Å². The lowest BCUT2D eigenvalue weighted by Gasteiger charge is -2.27. The maximum absolute atomic E-state index is 12.2. The zero-order chi connectivity index (χ0) is 15.9. The first-order chi connectivity index (χ1) is 10.6. The molecule has 1 aromatic carbocycles. The van der Waals surface area contributed by atoms with Crippen LogP contribution in [-0.4, -0.2) is 42.1 Å². The fourth-order valence-corrected chi connectivity index (χ4v) is 2.78. The second-order valence-electron chi connectivity index (χ2n) is 5.73. The molecule has 1 aromatic rings. The van der Waals surface area contributed by atoms with Crippen LogP contribution in [0, 0.1) is 5.92 Å². The van der Waals surface area contributed by atoms with E-state index in [2.05, 4.69) is 0 Å². The highest BCUT2D eigenvalue weighted by Gasteiger charge is 2.25. The number of amides is 1. The Hall–Kier alpha value is -2.04. The summed E-state index contributed by atoms with van der Waals surface area (Å²) in [6.07, 6.45) is 3.61. The van der Waals surface area contributed by atoms with E-state index in [9.17, 15) is 14.7 Å². The maximum atomic E-state index is 12.2. The molecule has 5 heteroatoms. The highest BCUT2D eigenvalue weighted by Crippen LogP contribution is 2.19. The molecule has 0 aliphatic carbocycles. The molecule has 0 saturated carbocycles. The van der Waals surface area contributed by atoms with E-state index in [1.54, 1.807) is 24.1 Å². The Balaban J connectivity index is 1.96. The van der Waals surface area contributed by atoms with Crippen molar-refractivity contribution in [3.8, 4) is 5.75 Å². The summed E-state index contributed by atoms with van der Waals surface area (Å²) in [6.45, 7) is 1.52. The predicted molar refractivity (Wildman–Crippen MR) is 82.9 cm³/mol. The number of carboxylic acid groups (broad SMARTS) is 1. The third kappa shape index (κ3) is 4.48. The van der Waals surface area contributed by atoms with Gasteiger partial charge in [0.05, 0.1) is 13.0 Å². The fourth-order valence-electron chi connectivity index (χ4n) is 2.78. The zero-order valence-electron chi connectivity index (χ0n) is 13.0. The summed E-state index contributed by atoms with van der Waals surface area (Å²) in [6, 6.07) is 7.31. The standard InChI is InChI=1S/C17H23NO4/c1-22-15-7-5-13(6-8-15)11-14(17(20)21)12-16(19)18-9-3-2-4-10-18/h5-8,14H,2-4,9-12H2,1H3,(H,20,21)/t14-/m1/s1. The molecule has 1 N–H and O–H groups in total. The molecular weight excluding hydrogens is 282 g/mol. The molecule has 0 bridgehead atoms. The van der Waals surface area contributed by atoms with Crippen molar-refractivity contribution in [1.29, 1.82) is 0 Å². The van der Waals surface area contributed by atoms with Crippen LogP contribution in [0.25, 0.3) is 0 Å². The molecule has 0 radical (unpaired) electrons. The molecule has 0 spiro atoms. The lowest BCUT2D eigenvalue weighted by atomic mass is 9.95. The van der Waals surface area contributed by atoms with Gasteiger partial charge < -0.3 is 14.7 Å². The van der Waals surface area contributed by atoms with Gasteiger partial charge >= 0.3 is 5.97 Å². The third-order valence-electron chi connectivity index (χ3n) is 4.12. The second kappa shape index (κ2) is 7.82. The molecule has 2 rings (SSSR count). The number of likely N-dealkylation sites (tertiary alicyclic amines) is 1. The summed E-state index contributed by atoms with van der Waals surface area (Å²) in [5.74, 6) is -0.898. The zero-order valence-corrected chi connectivity index (χ0v) is 13.0. The number of carbonyl (C=O) groups is 2. The van der Waals surface area contributed by atoms with E-state index in [0.717, 1.165) is 43.7 Å². The van der Waals surface area contributed by atoms with Crippen LogP contribution in [0.1, 0.15) is 31.2 Å². The molecule has 0 unspecified atom stereocenters. The van der Waals surface area contributed by atoms with Gasteiger partial charge in [-0.2, -0.15) is 0 Å². The SMILES string of the molecule is COc1ccc(C[C@H](CC(=O)N2CCCCC2)C(=O)O)cc1. The number of nitrogens with zero attached hydrogens (tertiary/aromatic N) is 1. The van der Waals surface area contributed by atoms with Crippen LogP contribution >= 0.6 is 0 Å². The highest BCUT2D eigenvalue weighted by atomic mass is 16.5. The van der Waals surface area contributed by atoms with Gasteiger partial charge in [0, 0.05) is 19.5 Å². The van der Waals surface area contributed by atoms with E-state index in [1.165, 1.54) is 0 Å². The number of ether oxygens (including phenoxy) is 1. The quantitative estimate of drug-likeness (QED) is 0.876. The van der Waals surface area contributed by atoms with Gasteiger partial charge in [0.25, 0.3) is 0 Å². The van der Waals surface area contributed by atoms with Gasteiger partial charge in [0.2, 0.25) is 5.91 Å². The monoisotopic (exact) mass is 305 g/mol. The Labute approximate surface area is 130 Å². The first-order valence-electron chi connectivity index (χ1n) is 7.73. The Morgan fingerprint density at radius 2 is 1.82 bits per heavy atom. The van der Waals surface area contributed by atoms with Crippen molar-refractivity contribution in [3.05, 3.63) is 29.8 Å².